The molecule has 102 valence electrons. The van der Waals surface area contributed by atoms with Gasteiger partial charge in [-0.3, -0.25) is 4.72 Å². The Labute approximate surface area is 139 Å². The van der Waals surface area contributed by atoms with E-state index in [1.54, 1.807) is 31.2 Å². The maximum absolute atomic E-state index is 12.2. The third kappa shape index (κ3) is 3.55. The molecule has 2 rings (SSSR count). The number of sulfonamides is 1. The van der Waals surface area contributed by atoms with Gasteiger partial charge in [0.05, 0.1) is 10.0 Å². The quantitative estimate of drug-likeness (QED) is 0.689. The fraction of sp³-hybridized carbons (Fsp3) is 0.0909. The zero-order valence-corrected chi connectivity index (χ0v) is 14.9. The van der Waals surface area contributed by atoms with Crippen molar-refractivity contribution >= 4 is 72.8 Å². The number of nitrogens with one attached hydrogen (secondary N) is 1. The van der Waals surface area contributed by atoms with Crippen molar-refractivity contribution in [1.29, 1.82) is 0 Å². The Bertz CT molecular complexity index is 709. The van der Waals surface area contributed by atoms with Gasteiger partial charge in [-0.1, -0.05) is 23.2 Å². The van der Waals surface area contributed by atoms with E-state index >= 15 is 0 Å². The van der Waals surface area contributed by atoms with E-state index in [1.807, 2.05) is 22.6 Å². The number of hydrogen-bond donors (Lipinski definition) is 1. The first-order chi connectivity index (χ1) is 8.79. The smallest absolute Gasteiger partial charge is 0.271 e. The molecule has 0 saturated heterocycles. The molecule has 3 nitrogen and oxygen atoms in total. The maximum atomic E-state index is 12.2. The van der Waals surface area contributed by atoms with Crippen molar-refractivity contribution in [3.05, 3.63) is 42.8 Å². The second-order valence-corrected chi connectivity index (χ2v) is 8.91. The molecule has 0 saturated carbocycles. The summed E-state index contributed by atoms with van der Waals surface area (Å²) in [6.07, 6.45) is 0. The van der Waals surface area contributed by atoms with Crippen LogP contribution in [0, 0.1) is 10.5 Å². The monoisotopic (exact) mass is 447 g/mol. The van der Waals surface area contributed by atoms with Gasteiger partial charge in [0.2, 0.25) is 0 Å². The van der Waals surface area contributed by atoms with Crippen LogP contribution in [-0.2, 0) is 10.0 Å². The highest BCUT2D eigenvalue weighted by molar-refractivity contribution is 14.1. The van der Waals surface area contributed by atoms with E-state index in [2.05, 4.69) is 4.72 Å². The van der Waals surface area contributed by atoms with Crippen LogP contribution in [0.15, 0.2) is 28.5 Å². The average Bonchev–Trinajstić information content (AvgIpc) is 2.64. The van der Waals surface area contributed by atoms with Crippen molar-refractivity contribution in [2.75, 3.05) is 4.72 Å². The molecular formula is C11H8Cl2INO2S2. The zero-order valence-electron chi connectivity index (χ0n) is 9.58. The van der Waals surface area contributed by atoms with Gasteiger partial charge < -0.3 is 0 Å². The normalized spacial score (nSPS) is 11.6. The van der Waals surface area contributed by atoms with Crippen molar-refractivity contribution in [3.8, 4) is 0 Å². The Morgan fingerprint density at radius 1 is 1.26 bits per heavy atom. The van der Waals surface area contributed by atoms with Crippen LogP contribution in [0.5, 0.6) is 0 Å². The third-order valence-corrected chi connectivity index (χ3v) is 6.80. The molecule has 0 atom stereocenters. The number of halogens is 3. The Morgan fingerprint density at radius 2 is 1.95 bits per heavy atom. The summed E-state index contributed by atoms with van der Waals surface area (Å²) in [4.78, 5) is 0. The highest BCUT2D eigenvalue weighted by atomic mass is 127. The standard InChI is InChI=1S/C11H8Cl2INO2S2/c1-6-4-10(18-11(6)13)19(16,17)15-9-3-2-7(12)5-8(9)14/h2-5,15H,1H3. The highest BCUT2D eigenvalue weighted by Crippen LogP contribution is 2.32. The molecule has 1 heterocycles. The number of anilines is 1. The van der Waals surface area contributed by atoms with E-state index in [0.717, 1.165) is 20.5 Å². The third-order valence-electron chi connectivity index (χ3n) is 2.27. The minimum Gasteiger partial charge on any atom is -0.278 e. The van der Waals surface area contributed by atoms with Crippen LogP contribution in [0.3, 0.4) is 0 Å². The summed E-state index contributed by atoms with van der Waals surface area (Å²) in [6.45, 7) is 1.77. The van der Waals surface area contributed by atoms with E-state index in [4.69, 9.17) is 23.2 Å². The summed E-state index contributed by atoms with van der Waals surface area (Å²) >= 11 is 14.8. The van der Waals surface area contributed by atoms with Gasteiger partial charge in [0.15, 0.2) is 0 Å². The Kier molecular flexibility index (Phi) is 4.67. The fourth-order valence-electron chi connectivity index (χ4n) is 1.33. The minimum absolute atomic E-state index is 0.195. The van der Waals surface area contributed by atoms with E-state index in [9.17, 15) is 8.42 Å². The number of aryl methyl sites for hydroxylation is 1. The first-order valence-corrected chi connectivity index (χ1v) is 9.17. The molecule has 8 heteroatoms. The Balaban J connectivity index is 2.36. The molecule has 2 aromatic rings. The van der Waals surface area contributed by atoms with Gasteiger partial charge in [-0.15, -0.1) is 11.3 Å². The molecule has 0 fully saturated rings. The second-order valence-electron chi connectivity index (χ2n) is 3.75. The topological polar surface area (TPSA) is 46.2 Å². The van der Waals surface area contributed by atoms with Gasteiger partial charge in [-0.05, 0) is 59.3 Å². The molecule has 0 unspecified atom stereocenters. The summed E-state index contributed by atoms with van der Waals surface area (Å²) in [7, 11) is -3.61. The van der Waals surface area contributed by atoms with E-state index in [0.29, 0.717) is 15.0 Å². The lowest BCUT2D eigenvalue weighted by Gasteiger charge is -2.08. The van der Waals surface area contributed by atoms with Gasteiger partial charge in [-0.25, -0.2) is 8.42 Å². The number of rotatable bonds is 3. The molecule has 1 aromatic heterocycles. The van der Waals surface area contributed by atoms with Crippen LogP contribution in [0.4, 0.5) is 5.69 Å². The molecule has 0 aliphatic rings. The van der Waals surface area contributed by atoms with Crippen LogP contribution in [0.1, 0.15) is 5.56 Å². The molecule has 0 amide bonds. The molecule has 0 spiro atoms. The Hall–Kier alpha value is -0.0200. The molecule has 19 heavy (non-hydrogen) atoms. The second kappa shape index (κ2) is 5.77. The van der Waals surface area contributed by atoms with Crippen molar-refractivity contribution < 1.29 is 8.42 Å². The molecule has 1 N–H and O–H groups in total. The van der Waals surface area contributed by atoms with E-state index in [-0.39, 0.29) is 4.21 Å². The van der Waals surface area contributed by atoms with Crippen molar-refractivity contribution in [2.45, 2.75) is 11.1 Å². The zero-order chi connectivity index (χ0) is 14.2. The van der Waals surface area contributed by atoms with Gasteiger partial charge in [-0.2, -0.15) is 0 Å². The molecule has 0 aliphatic heterocycles. The fourth-order valence-corrected chi connectivity index (χ4v) is 5.31. The van der Waals surface area contributed by atoms with Gasteiger partial charge >= 0.3 is 0 Å². The minimum atomic E-state index is -3.61. The SMILES string of the molecule is Cc1cc(S(=O)(=O)Nc2ccc(Cl)cc2I)sc1Cl. The summed E-state index contributed by atoms with van der Waals surface area (Å²) in [6, 6.07) is 6.50. The highest BCUT2D eigenvalue weighted by Gasteiger charge is 2.19. The van der Waals surface area contributed by atoms with Crippen molar-refractivity contribution in [1.82, 2.24) is 0 Å². The first kappa shape index (κ1) is 15.4. The van der Waals surface area contributed by atoms with Crippen molar-refractivity contribution in [2.24, 2.45) is 0 Å². The van der Waals surface area contributed by atoms with Gasteiger partial charge in [0, 0.05) is 8.59 Å². The van der Waals surface area contributed by atoms with Crippen LogP contribution < -0.4 is 4.72 Å². The van der Waals surface area contributed by atoms with Gasteiger partial charge in [0.25, 0.3) is 10.0 Å². The largest absolute Gasteiger partial charge is 0.278 e. The predicted octanol–water partition coefficient (Wildman–Crippen LogP) is 4.77. The number of benzene rings is 1. The van der Waals surface area contributed by atoms with E-state index < -0.39 is 10.0 Å². The number of hydrogen-bond acceptors (Lipinski definition) is 3. The lowest BCUT2D eigenvalue weighted by atomic mass is 10.3. The van der Waals surface area contributed by atoms with Crippen LogP contribution >= 0.6 is 57.1 Å². The van der Waals surface area contributed by atoms with Crippen molar-refractivity contribution in [3.63, 3.8) is 0 Å². The average molecular weight is 448 g/mol. The lowest BCUT2D eigenvalue weighted by Crippen LogP contribution is -2.12. The Morgan fingerprint density at radius 3 is 2.47 bits per heavy atom. The molecule has 0 radical (unpaired) electrons. The summed E-state index contributed by atoms with van der Waals surface area (Å²) in [5, 5.41) is 0.558. The maximum Gasteiger partial charge on any atom is 0.271 e. The molecule has 0 bridgehead atoms. The molecule has 0 aliphatic carbocycles. The van der Waals surface area contributed by atoms with Crippen LogP contribution in [-0.4, -0.2) is 8.42 Å². The predicted molar refractivity (Wildman–Crippen MR) is 89.0 cm³/mol. The summed E-state index contributed by atoms with van der Waals surface area (Å²) in [5.41, 5.74) is 1.24. The molecule has 1 aromatic carbocycles. The van der Waals surface area contributed by atoms with Gasteiger partial charge in [0.1, 0.15) is 4.21 Å². The summed E-state index contributed by atoms with van der Waals surface area (Å²) in [5.74, 6) is 0. The summed E-state index contributed by atoms with van der Waals surface area (Å²) < 4.78 is 28.3. The first-order valence-electron chi connectivity index (χ1n) is 5.03. The lowest BCUT2D eigenvalue weighted by molar-refractivity contribution is 0.603. The van der Waals surface area contributed by atoms with Crippen LogP contribution in [0.2, 0.25) is 9.36 Å². The van der Waals surface area contributed by atoms with E-state index in [1.165, 1.54) is 0 Å². The number of thiophene rings is 1. The van der Waals surface area contributed by atoms with Crippen LogP contribution in [0.25, 0.3) is 0 Å². The molecular weight excluding hydrogens is 440 g/mol.